The lowest BCUT2D eigenvalue weighted by atomic mass is 10.2. The minimum Gasteiger partial charge on any atom is -0.313 e. The number of nitrogens with zero attached hydrogens (tertiary/aromatic N) is 1. The summed E-state index contributed by atoms with van der Waals surface area (Å²) in [5, 5.41) is 3.16. The molecule has 0 rings (SSSR count). The molecule has 0 aromatic rings. The number of alkyl halides is 3. The Balaban J connectivity index is 4.30. The first-order valence-corrected chi connectivity index (χ1v) is 5.69. The normalized spacial score (nSPS) is 15.2. The molecule has 1 unspecified atom stereocenters. The Morgan fingerprint density at radius 1 is 1.06 bits per heavy atom. The van der Waals surface area contributed by atoms with E-state index in [-0.39, 0.29) is 12.1 Å². The van der Waals surface area contributed by atoms with Crippen molar-refractivity contribution in [3.63, 3.8) is 0 Å². The van der Waals surface area contributed by atoms with E-state index >= 15 is 0 Å². The number of hydrogen-bond donors (Lipinski definition) is 1. The highest BCUT2D eigenvalue weighted by Crippen LogP contribution is 2.19. The smallest absolute Gasteiger partial charge is 0.313 e. The summed E-state index contributed by atoms with van der Waals surface area (Å²) in [7, 11) is 0. The maximum absolute atomic E-state index is 12.4. The Bertz CT molecular complexity index is 190. The summed E-state index contributed by atoms with van der Waals surface area (Å²) in [6.07, 6.45) is -4.13. The predicted molar refractivity (Wildman–Crippen MR) is 60.5 cm³/mol. The van der Waals surface area contributed by atoms with Gasteiger partial charge in [0.25, 0.3) is 0 Å². The first-order valence-electron chi connectivity index (χ1n) is 5.69. The minimum atomic E-state index is -4.13. The van der Waals surface area contributed by atoms with Crippen molar-refractivity contribution in [3.8, 4) is 0 Å². The maximum atomic E-state index is 12.4. The average molecular weight is 240 g/mol. The zero-order valence-electron chi connectivity index (χ0n) is 10.7. The van der Waals surface area contributed by atoms with Gasteiger partial charge in [0.2, 0.25) is 0 Å². The fraction of sp³-hybridized carbons (Fsp3) is 1.00. The molecule has 0 saturated heterocycles. The molecule has 0 aliphatic heterocycles. The van der Waals surface area contributed by atoms with Gasteiger partial charge in [-0.15, -0.1) is 0 Å². The van der Waals surface area contributed by atoms with Crippen LogP contribution in [-0.2, 0) is 0 Å². The monoisotopic (exact) mass is 240 g/mol. The molecule has 0 bridgehead atoms. The van der Waals surface area contributed by atoms with Crippen LogP contribution in [0.5, 0.6) is 0 Å². The summed E-state index contributed by atoms with van der Waals surface area (Å²) in [5.74, 6) is 0. The van der Waals surface area contributed by atoms with Crippen LogP contribution in [0.15, 0.2) is 0 Å². The minimum absolute atomic E-state index is 0.106. The molecule has 0 amide bonds. The average Bonchev–Trinajstić information content (AvgIpc) is 2.08. The van der Waals surface area contributed by atoms with E-state index in [0.29, 0.717) is 12.6 Å². The topological polar surface area (TPSA) is 15.3 Å². The lowest BCUT2D eigenvalue weighted by molar-refractivity contribution is -0.154. The van der Waals surface area contributed by atoms with Crippen LogP contribution in [0, 0.1) is 0 Å². The van der Waals surface area contributed by atoms with Crippen LogP contribution < -0.4 is 5.32 Å². The van der Waals surface area contributed by atoms with Gasteiger partial charge in [-0.25, -0.2) is 0 Å². The van der Waals surface area contributed by atoms with Crippen molar-refractivity contribution in [3.05, 3.63) is 0 Å². The van der Waals surface area contributed by atoms with E-state index in [2.05, 4.69) is 5.32 Å². The largest absolute Gasteiger partial charge is 0.401 e. The molecular formula is C11H23F3N2. The molecule has 1 atom stereocenters. The Morgan fingerprint density at radius 2 is 1.56 bits per heavy atom. The molecule has 16 heavy (non-hydrogen) atoms. The van der Waals surface area contributed by atoms with Gasteiger partial charge < -0.3 is 5.32 Å². The van der Waals surface area contributed by atoms with Crippen LogP contribution in [0.1, 0.15) is 34.6 Å². The fourth-order valence-electron chi connectivity index (χ4n) is 1.58. The van der Waals surface area contributed by atoms with Gasteiger partial charge in [-0.2, -0.15) is 13.2 Å². The lowest BCUT2D eigenvalue weighted by Gasteiger charge is -2.33. The van der Waals surface area contributed by atoms with E-state index in [1.807, 2.05) is 20.8 Å². The third kappa shape index (κ3) is 7.06. The number of halogens is 3. The van der Waals surface area contributed by atoms with Crippen molar-refractivity contribution in [2.45, 2.75) is 58.9 Å². The maximum Gasteiger partial charge on any atom is 0.401 e. The molecule has 0 saturated carbocycles. The highest BCUT2D eigenvalue weighted by molar-refractivity contribution is 4.76. The van der Waals surface area contributed by atoms with Crippen molar-refractivity contribution in [1.29, 1.82) is 0 Å². The molecule has 0 fully saturated rings. The molecule has 2 nitrogen and oxygen atoms in total. The summed E-state index contributed by atoms with van der Waals surface area (Å²) in [5.41, 5.74) is 0. The van der Waals surface area contributed by atoms with Crippen LogP contribution in [0.4, 0.5) is 13.2 Å². The molecule has 1 N–H and O–H groups in total. The van der Waals surface area contributed by atoms with E-state index in [4.69, 9.17) is 0 Å². The van der Waals surface area contributed by atoms with Crippen LogP contribution in [-0.4, -0.2) is 42.3 Å². The molecular weight excluding hydrogens is 217 g/mol. The molecule has 0 aliphatic rings. The standard InChI is InChI=1S/C11H23F3N2/c1-8(2)15-6-10(5)16(9(3)4)7-11(12,13)14/h8-10,15H,6-7H2,1-5H3. The Hall–Kier alpha value is -0.290. The van der Waals surface area contributed by atoms with Crippen LogP contribution in [0.3, 0.4) is 0 Å². The van der Waals surface area contributed by atoms with E-state index in [1.165, 1.54) is 4.90 Å². The highest BCUT2D eigenvalue weighted by atomic mass is 19.4. The third-order valence-corrected chi connectivity index (χ3v) is 2.41. The SMILES string of the molecule is CC(C)NCC(C)N(CC(F)(F)F)C(C)C. The molecule has 5 heteroatoms. The third-order valence-electron chi connectivity index (χ3n) is 2.41. The number of nitrogens with one attached hydrogen (secondary N) is 1. The van der Waals surface area contributed by atoms with Gasteiger partial charge in [0, 0.05) is 24.7 Å². The molecule has 0 radical (unpaired) electrons. The molecule has 0 aromatic heterocycles. The van der Waals surface area contributed by atoms with Gasteiger partial charge in [0.05, 0.1) is 6.54 Å². The number of hydrogen-bond acceptors (Lipinski definition) is 2. The fourth-order valence-corrected chi connectivity index (χ4v) is 1.58. The van der Waals surface area contributed by atoms with Crippen molar-refractivity contribution in [1.82, 2.24) is 10.2 Å². The summed E-state index contributed by atoms with van der Waals surface area (Å²) in [6, 6.07) is 0.0666. The van der Waals surface area contributed by atoms with Gasteiger partial charge in [0.1, 0.15) is 0 Å². The van der Waals surface area contributed by atoms with Gasteiger partial charge in [-0.1, -0.05) is 13.8 Å². The zero-order chi connectivity index (χ0) is 12.9. The molecule has 0 aromatic carbocycles. The molecule has 0 heterocycles. The van der Waals surface area contributed by atoms with Crippen molar-refractivity contribution in [2.75, 3.05) is 13.1 Å². The quantitative estimate of drug-likeness (QED) is 0.768. The molecule has 0 aliphatic carbocycles. The van der Waals surface area contributed by atoms with E-state index in [9.17, 15) is 13.2 Å². The van der Waals surface area contributed by atoms with Crippen LogP contribution >= 0.6 is 0 Å². The first-order chi connectivity index (χ1) is 7.13. The van der Waals surface area contributed by atoms with Crippen LogP contribution in [0.25, 0.3) is 0 Å². The molecule has 0 spiro atoms. The van der Waals surface area contributed by atoms with Crippen molar-refractivity contribution < 1.29 is 13.2 Å². The van der Waals surface area contributed by atoms with E-state index < -0.39 is 12.7 Å². The lowest BCUT2D eigenvalue weighted by Crippen LogP contribution is -2.49. The van der Waals surface area contributed by atoms with Gasteiger partial charge in [0.15, 0.2) is 0 Å². The summed E-state index contributed by atoms with van der Waals surface area (Å²) < 4.78 is 37.1. The summed E-state index contributed by atoms with van der Waals surface area (Å²) in [4.78, 5) is 1.47. The van der Waals surface area contributed by atoms with E-state index in [0.717, 1.165) is 0 Å². The van der Waals surface area contributed by atoms with Gasteiger partial charge in [-0.3, -0.25) is 4.90 Å². The van der Waals surface area contributed by atoms with Crippen LogP contribution in [0.2, 0.25) is 0 Å². The summed E-state index contributed by atoms with van der Waals surface area (Å²) in [6.45, 7) is 9.10. The second kappa shape index (κ2) is 6.45. The Morgan fingerprint density at radius 3 is 1.88 bits per heavy atom. The van der Waals surface area contributed by atoms with E-state index in [1.54, 1.807) is 13.8 Å². The highest BCUT2D eigenvalue weighted by Gasteiger charge is 2.33. The second-order valence-electron chi connectivity index (χ2n) is 4.79. The Labute approximate surface area is 96.2 Å². The number of rotatable bonds is 6. The predicted octanol–water partition coefficient (Wildman–Crippen LogP) is 2.65. The zero-order valence-corrected chi connectivity index (χ0v) is 10.7. The second-order valence-corrected chi connectivity index (χ2v) is 4.79. The van der Waals surface area contributed by atoms with Gasteiger partial charge >= 0.3 is 6.18 Å². The Kier molecular flexibility index (Phi) is 6.33. The molecule has 98 valence electrons. The van der Waals surface area contributed by atoms with Crippen molar-refractivity contribution in [2.24, 2.45) is 0 Å². The first kappa shape index (κ1) is 15.7. The summed E-state index contributed by atoms with van der Waals surface area (Å²) >= 11 is 0. The van der Waals surface area contributed by atoms with Gasteiger partial charge in [-0.05, 0) is 20.8 Å². The van der Waals surface area contributed by atoms with Crippen molar-refractivity contribution >= 4 is 0 Å².